The van der Waals surface area contributed by atoms with Gasteiger partial charge in [0.1, 0.15) is 0 Å². The van der Waals surface area contributed by atoms with Crippen LogP contribution in [0.15, 0.2) is 42.5 Å². The van der Waals surface area contributed by atoms with Gasteiger partial charge in [-0.05, 0) is 49.4 Å². The van der Waals surface area contributed by atoms with Crippen molar-refractivity contribution in [1.29, 1.82) is 0 Å². The third-order valence-electron chi connectivity index (χ3n) is 7.30. The molecular formula is C25H40O4Si. The summed E-state index contributed by atoms with van der Waals surface area (Å²) in [6.45, 7) is 12.8. The van der Waals surface area contributed by atoms with E-state index in [4.69, 9.17) is 13.9 Å². The van der Waals surface area contributed by atoms with E-state index in [1.54, 1.807) is 0 Å². The predicted octanol–water partition coefficient (Wildman–Crippen LogP) is 5.47. The topological polar surface area (TPSA) is 47.9 Å². The second-order valence-corrected chi connectivity index (χ2v) is 15.3. The maximum atomic E-state index is 11.3. The van der Waals surface area contributed by atoms with Crippen molar-refractivity contribution in [1.82, 2.24) is 0 Å². The van der Waals surface area contributed by atoms with Crippen molar-refractivity contribution in [3.05, 3.63) is 48.0 Å². The maximum absolute atomic E-state index is 11.3. The zero-order valence-electron chi connectivity index (χ0n) is 19.4. The molecule has 0 bridgehead atoms. The normalized spacial score (nSPS) is 28.6. The van der Waals surface area contributed by atoms with Crippen LogP contribution in [0.3, 0.4) is 0 Å². The van der Waals surface area contributed by atoms with Crippen molar-refractivity contribution in [3.8, 4) is 0 Å². The molecule has 1 fully saturated rings. The Balaban J connectivity index is 1.69. The van der Waals surface area contributed by atoms with Gasteiger partial charge in [-0.25, -0.2) is 0 Å². The lowest BCUT2D eigenvalue weighted by Gasteiger charge is -2.41. The van der Waals surface area contributed by atoms with Crippen LogP contribution in [0.25, 0.3) is 0 Å². The van der Waals surface area contributed by atoms with Gasteiger partial charge in [0.15, 0.2) is 8.32 Å². The summed E-state index contributed by atoms with van der Waals surface area (Å²) in [5, 5.41) is 11.4. The first-order valence-electron chi connectivity index (χ1n) is 11.4. The Bertz CT molecular complexity index is 697. The number of hydrogen-bond acceptors (Lipinski definition) is 4. The Hall–Kier alpha value is -0.983. The molecule has 1 N–H and O–H groups in total. The molecular weight excluding hydrogens is 392 g/mol. The van der Waals surface area contributed by atoms with Crippen LogP contribution < -0.4 is 0 Å². The molecule has 1 saturated carbocycles. The number of aliphatic hydroxyl groups is 1. The fraction of sp³-hybridized carbons (Fsp3) is 0.680. The van der Waals surface area contributed by atoms with E-state index in [0.29, 0.717) is 19.8 Å². The second kappa shape index (κ2) is 9.66. The van der Waals surface area contributed by atoms with E-state index in [0.717, 1.165) is 25.7 Å². The summed E-state index contributed by atoms with van der Waals surface area (Å²) in [7, 11) is -1.92. The fourth-order valence-electron chi connectivity index (χ4n) is 4.33. The molecule has 0 unspecified atom stereocenters. The van der Waals surface area contributed by atoms with E-state index in [9.17, 15) is 5.11 Å². The second-order valence-electron chi connectivity index (χ2n) is 10.5. The lowest BCUT2D eigenvalue weighted by molar-refractivity contribution is -0.0943. The number of benzene rings is 1. The molecule has 5 heteroatoms. The lowest BCUT2D eigenvalue weighted by atomic mass is 9.79. The first-order chi connectivity index (χ1) is 14.1. The van der Waals surface area contributed by atoms with Crippen molar-refractivity contribution >= 4 is 8.32 Å². The molecule has 1 aliphatic carbocycles. The Labute approximate surface area is 183 Å². The highest BCUT2D eigenvalue weighted by Crippen LogP contribution is 2.43. The first kappa shape index (κ1) is 23.7. The van der Waals surface area contributed by atoms with Gasteiger partial charge in [0.05, 0.1) is 37.6 Å². The zero-order valence-corrected chi connectivity index (χ0v) is 20.4. The van der Waals surface area contributed by atoms with Crippen molar-refractivity contribution in [2.75, 3.05) is 13.2 Å². The van der Waals surface area contributed by atoms with Gasteiger partial charge in [0.2, 0.25) is 0 Å². The lowest BCUT2D eigenvalue weighted by Crippen LogP contribution is -2.48. The van der Waals surface area contributed by atoms with E-state index in [1.165, 1.54) is 5.56 Å². The molecule has 1 aromatic rings. The van der Waals surface area contributed by atoms with Crippen molar-refractivity contribution in [2.45, 2.75) is 89.0 Å². The van der Waals surface area contributed by atoms with Crippen LogP contribution in [0.5, 0.6) is 0 Å². The van der Waals surface area contributed by atoms with E-state index in [1.807, 2.05) is 18.2 Å². The van der Waals surface area contributed by atoms with Crippen LogP contribution in [0.2, 0.25) is 18.1 Å². The van der Waals surface area contributed by atoms with Gasteiger partial charge >= 0.3 is 0 Å². The summed E-state index contributed by atoms with van der Waals surface area (Å²) in [6, 6.07) is 10.3. The standard InChI is InChI=1S/C25H40O4Si/c1-24(2,3)30(4,5)29-19-23(26)22-17-21(27-18-20-11-7-6-8-12-20)13-9-14-25(22)15-10-16-28-25/h6-8,10-12,15,21-23,26H,9,13-14,16-19H2,1-5H3/t21-,22+,23+,25-/m0/s1. The summed E-state index contributed by atoms with van der Waals surface area (Å²) in [6.07, 6.45) is 7.59. The third kappa shape index (κ3) is 5.63. The molecule has 1 heterocycles. The van der Waals surface area contributed by atoms with Crippen molar-refractivity contribution in [3.63, 3.8) is 0 Å². The first-order valence-corrected chi connectivity index (χ1v) is 14.3. The zero-order chi connectivity index (χ0) is 21.8. The van der Waals surface area contributed by atoms with Crippen molar-refractivity contribution in [2.24, 2.45) is 5.92 Å². The van der Waals surface area contributed by atoms with E-state index in [-0.39, 0.29) is 22.7 Å². The van der Waals surface area contributed by atoms with E-state index < -0.39 is 14.4 Å². The van der Waals surface area contributed by atoms with E-state index in [2.05, 4.69) is 58.2 Å². The molecule has 0 amide bonds. The molecule has 4 nitrogen and oxygen atoms in total. The van der Waals surface area contributed by atoms with Crippen LogP contribution in [-0.2, 0) is 20.5 Å². The van der Waals surface area contributed by atoms with Gasteiger partial charge in [0, 0.05) is 5.92 Å². The molecule has 2 aliphatic rings. The minimum atomic E-state index is -1.92. The molecule has 1 spiro atoms. The molecule has 1 aromatic carbocycles. The van der Waals surface area contributed by atoms with Crippen LogP contribution >= 0.6 is 0 Å². The smallest absolute Gasteiger partial charge is 0.192 e. The molecule has 1 aliphatic heterocycles. The van der Waals surface area contributed by atoms with Gasteiger partial charge in [-0.1, -0.05) is 63.3 Å². The predicted molar refractivity (Wildman–Crippen MR) is 124 cm³/mol. The Morgan fingerprint density at radius 1 is 1.23 bits per heavy atom. The van der Waals surface area contributed by atoms with E-state index >= 15 is 0 Å². The van der Waals surface area contributed by atoms with Crippen LogP contribution in [0.4, 0.5) is 0 Å². The molecule has 4 atom stereocenters. The molecule has 30 heavy (non-hydrogen) atoms. The molecule has 0 radical (unpaired) electrons. The highest BCUT2D eigenvalue weighted by Gasteiger charge is 2.47. The van der Waals surface area contributed by atoms with Crippen LogP contribution in [0.1, 0.15) is 52.0 Å². The van der Waals surface area contributed by atoms with Crippen LogP contribution in [0, 0.1) is 5.92 Å². The Kier molecular flexibility index (Phi) is 7.62. The van der Waals surface area contributed by atoms with Gasteiger partial charge in [-0.15, -0.1) is 0 Å². The van der Waals surface area contributed by atoms with Gasteiger partial charge in [-0.3, -0.25) is 0 Å². The van der Waals surface area contributed by atoms with Gasteiger partial charge in [-0.2, -0.15) is 0 Å². The monoisotopic (exact) mass is 432 g/mol. The number of ether oxygens (including phenoxy) is 2. The molecule has 0 saturated heterocycles. The maximum Gasteiger partial charge on any atom is 0.192 e. The molecule has 0 aromatic heterocycles. The molecule has 168 valence electrons. The fourth-order valence-corrected chi connectivity index (χ4v) is 5.35. The summed E-state index contributed by atoms with van der Waals surface area (Å²) < 4.78 is 18.9. The van der Waals surface area contributed by atoms with Gasteiger partial charge in [0.25, 0.3) is 0 Å². The average molecular weight is 433 g/mol. The van der Waals surface area contributed by atoms with Crippen molar-refractivity contribution < 1.29 is 19.0 Å². The minimum absolute atomic E-state index is 0.0238. The summed E-state index contributed by atoms with van der Waals surface area (Å²) in [4.78, 5) is 0. The summed E-state index contributed by atoms with van der Waals surface area (Å²) in [5.74, 6) is -0.0238. The summed E-state index contributed by atoms with van der Waals surface area (Å²) in [5.41, 5.74) is 0.799. The highest BCUT2D eigenvalue weighted by atomic mass is 28.4. The number of hydrogen-bond donors (Lipinski definition) is 1. The number of aliphatic hydroxyl groups excluding tert-OH is 1. The van der Waals surface area contributed by atoms with Crippen LogP contribution in [-0.4, -0.2) is 44.4 Å². The minimum Gasteiger partial charge on any atom is -0.414 e. The third-order valence-corrected chi connectivity index (χ3v) is 11.8. The largest absolute Gasteiger partial charge is 0.414 e. The Morgan fingerprint density at radius 2 is 1.97 bits per heavy atom. The van der Waals surface area contributed by atoms with Gasteiger partial charge < -0.3 is 19.0 Å². The molecule has 3 rings (SSSR count). The quantitative estimate of drug-likeness (QED) is 0.458. The summed E-state index contributed by atoms with van der Waals surface area (Å²) >= 11 is 0. The number of rotatable bonds is 7. The average Bonchev–Trinajstić information content (AvgIpc) is 3.09. The highest BCUT2D eigenvalue weighted by molar-refractivity contribution is 6.74. The SMILES string of the molecule is CC(C)(C)[Si](C)(C)OC[C@@H](O)[C@H]1C[C@@H](OCc2ccccc2)CCC[C@]12C=CCO2. The Morgan fingerprint density at radius 3 is 2.60 bits per heavy atom.